The molecule has 3 rings (SSSR count). The highest BCUT2D eigenvalue weighted by molar-refractivity contribution is 5.87. The molecule has 32 heavy (non-hydrogen) atoms. The Morgan fingerprint density at radius 1 is 1.19 bits per heavy atom. The number of hydrogen-bond acceptors (Lipinski definition) is 6. The molecule has 3 heterocycles. The molecule has 3 amide bonds. The van der Waals surface area contributed by atoms with E-state index in [0.29, 0.717) is 38.3 Å². The van der Waals surface area contributed by atoms with Gasteiger partial charge in [0.1, 0.15) is 17.5 Å². The van der Waals surface area contributed by atoms with E-state index in [0.717, 1.165) is 5.69 Å². The molecule has 1 N–H and O–H groups in total. The molecule has 1 fully saturated rings. The SMILES string of the molecule is COC(C)(C)C(NC(=O)OC(C)(C)C)C(=O)N1CCC(N2Cc3cnc(C)n3C2=O)CC1. The summed E-state index contributed by atoms with van der Waals surface area (Å²) in [6, 6.07) is -0.898. The Hall–Kier alpha value is -2.62. The quantitative estimate of drug-likeness (QED) is 0.739. The van der Waals surface area contributed by atoms with Crippen LogP contribution in [0.3, 0.4) is 0 Å². The number of imidazole rings is 1. The van der Waals surface area contributed by atoms with Gasteiger partial charge in [0.05, 0.1) is 24.0 Å². The monoisotopic (exact) mass is 449 g/mol. The van der Waals surface area contributed by atoms with E-state index in [4.69, 9.17) is 9.47 Å². The van der Waals surface area contributed by atoms with E-state index in [1.807, 2.05) is 11.8 Å². The maximum absolute atomic E-state index is 13.4. The number of carbonyl (C=O) groups excluding carboxylic acids is 3. The third kappa shape index (κ3) is 4.90. The van der Waals surface area contributed by atoms with Gasteiger partial charge in [-0.25, -0.2) is 14.6 Å². The minimum absolute atomic E-state index is 0.0511. The molecule has 1 atom stereocenters. The lowest BCUT2D eigenvalue weighted by atomic mass is 9.95. The molecule has 2 aliphatic rings. The molecule has 0 aliphatic carbocycles. The summed E-state index contributed by atoms with van der Waals surface area (Å²) in [5, 5.41) is 2.70. The van der Waals surface area contributed by atoms with Crippen LogP contribution < -0.4 is 5.32 Å². The predicted octanol–water partition coefficient (Wildman–Crippen LogP) is 2.28. The molecule has 178 valence electrons. The molecule has 0 aromatic carbocycles. The fraction of sp³-hybridized carbons (Fsp3) is 0.727. The highest BCUT2D eigenvalue weighted by Crippen LogP contribution is 2.27. The lowest BCUT2D eigenvalue weighted by Crippen LogP contribution is -2.61. The number of alkyl carbamates (subject to hydrolysis) is 1. The second-order valence-electron chi connectivity index (χ2n) is 9.99. The number of nitrogens with one attached hydrogen (secondary N) is 1. The number of piperidine rings is 1. The largest absolute Gasteiger partial charge is 0.444 e. The second kappa shape index (κ2) is 8.73. The number of hydrogen-bond donors (Lipinski definition) is 1. The van der Waals surface area contributed by atoms with Crippen molar-refractivity contribution in [1.29, 1.82) is 0 Å². The standard InChI is InChI=1S/C22H35N5O5/c1-14-23-12-16-13-26(20(30)27(14)16)15-8-10-25(11-9-15)18(28)17(22(5,6)31-7)24-19(29)32-21(2,3)4/h12,15,17H,8-11,13H2,1-7H3,(H,24,29). The predicted molar refractivity (Wildman–Crippen MR) is 117 cm³/mol. The molecule has 0 spiro atoms. The van der Waals surface area contributed by atoms with Crippen LogP contribution in [-0.2, 0) is 20.8 Å². The summed E-state index contributed by atoms with van der Waals surface area (Å²) < 4.78 is 12.5. The summed E-state index contributed by atoms with van der Waals surface area (Å²) in [4.78, 5) is 46.3. The van der Waals surface area contributed by atoms with Crippen LogP contribution in [0.2, 0.25) is 0 Å². The average Bonchev–Trinajstić information content (AvgIpc) is 3.24. The maximum atomic E-state index is 13.4. The van der Waals surface area contributed by atoms with E-state index >= 15 is 0 Å². The van der Waals surface area contributed by atoms with Crippen LogP contribution in [0.5, 0.6) is 0 Å². The lowest BCUT2D eigenvalue weighted by molar-refractivity contribution is -0.142. The van der Waals surface area contributed by atoms with Crippen molar-refractivity contribution in [2.75, 3.05) is 20.2 Å². The minimum atomic E-state index is -0.927. The Morgan fingerprint density at radius 2 is 1.81 bits per heavy atom. The van der Waals surface area contributed by atoms with Crippen molar-refractivity contribution in [1.82, 2.24) is 24.7 Å². The van der Waals surface area contributed by atoms with E-state index in [2.05, 4.69) is 10.3 Å². The van der Waals surface area contributed by atoms with Gasteiger partial charge in [-0.1, -0.05) is 0 Å². The number of aryl methyl sites for hydroxylation is 1. The smallest absolute Gasteiger partial charge is 0.408 e. The third-order valence-electron chi connectivity index (χ3n) is 6.13. The first kappa shape index (κ1) is 24.0. The van der Waals surface area contributed by atoms with Crippen LogP contribution in [-0.4, -0.2) is 80.9 Å². The molecule has 10 nitrogen and oxygen atoms in total. The van der Waals surface area contributed by atoms with Crippen molar-refractivity contribution in [2.24, 2.45) is 0 Å². The molecular formula is C22H35N5O5. The zero-order chi connectivity index (χ0) is 23.8. The molecule has 0 saturated carbocycles. The summed E-state index contributed by atoms with van der Waals surface area (Å²) in [6.07, 6.45) is 2.42. The van der Waals surface area contributed by atoms with Gasteiger partial charge < -0.3 is 24.6 Å². The molecule has 1 aromatic heterocycles. The van der Waals surface area contributed by atoms with Crippen LogP contribution in [0.25, 0.3) is 0 Å². The van der Waals surface area contributed by atoms with Gasteiger partial charge in [-0.05, 0) is 54.4 Å². The van der Waals surface area contributed by atoms with E-state index in [1.54, 1.807) is 50.3 Å². The maximum Gasteiger partial charge on any atom is 0.408 e. The number of fused-ring (bicyclic) bond motifs is 1. The summed E-state index contributed by atoms with van der Waals surface area (Å²) in [5.74, 6) is 0.471. The first-order chi connectivity index (χ1) is 14.8. The topological polar surface area (TPSA) is 106 Å². The Morgan fingerprint density at radius 3 is 2.34 bits per heavy atom. The van der Waals surface area contributed by atoms with E-state index in [1.165, 1.54) is 7.11 Å². The molecule has 10 heteroatoms. The zero-order valence-electron chi connectivity index (χ0n) is 20.1. The van der Waals surface area contributed by atoms with Gasteiger partial charge in [0.15, 0.2) is 0 Å². The number of methoxy groups -OCH3 is 1. The molecule has 1 unspecified atom stereocenters. The number of rotatable bonds is 5. The highest BCUT2D eigenvalue weighted by atomic mass is 16.6. The minimum Gasteiger partial charge on any atom is -0.444 e. The molecule has 0 radical (unpaired) electrons. The van der Waals surface area contributed by atoms with Gasteiger partial charge in [0, 0.05) is 26.2 Å². The van der Waals surface area contributed by atoms with Gasteiger partial charge in [-0.3, -0.25) is 9.36 Å². The van der Waals surface area contributed by atoms with Crippen molar-refractivity contribution >= 4 is 18.0 Å². The molecule has 0 bridgehead atoms. The first-order valence-electron chi connectivity index (χ1n) is 11.0. The van der Waals surface area contributed by atoms with Crippen LogP contribution in [0, 0.1) is 6.92 Å². The Balaban J connectivity index is 1.64. The van der Waals surface area contributed by atoms with Crippen LogP contribution >= 0.6 is 0 Å². The number of amides is 3. The van der Waals surface area contributed by atoms with Crippen LogP contribution in [0.4, 0.5) is 9.59 Å². The van der Waals surface area contributed by atoms with Crippen molar-refractivity contribution < 1.29 is 23.9 Å². The number of carbonyl (C=O) groups is 3. The Bertz CT molecular complexity index is 880. The van der Waals surface area contributed by atoms with Gasteiger partial charge >= 0.3 is 12.1 Å². The zero-order valence-corrected chi connectivity index (χ0v) is 20.1. The van der Waals surface area contributed by atoms with Crippen molar-refractivity contribution in [3.05, 3.63) is 17.7 Å². The number of nitrogens with zero attached hydrogens (tertiary/aromatic N) is 4. The molecule has 1 saturated heterocycles. The highest BCUT2D eigenvalue weighted by Gasteiger charge is 2.42. The lowest BCUT2D eigenvalue weighted by Gasteiger charge is -2.40. The number of likely N-dealkylation sites (tertiary alicyclic amines) is 1. The van der Waals surface area contributed by atoms with E-state index in [-0.39, 0.29) is 18.0 Å². The second-order valence-corrected chi connectivity index (χ2v) is 9.99. The third-order valence-corrected chi connectivity index (χ3v) is 6.13. The summed E-state index contributed by atoms with van der Waals surface area (Å²) in [6.45, 7) is 12.2. The molecular weight excluding hydrogens is 414 g/mol. The van der Waals surface area contributed by atoms with Crippen LogP contribution in [0.15, 0.2) is 6.20 Å². The Labute approximate surface area is 189 Å². The average molecular weight is 450 g/mol. The fourth-order valence-corrected chi connectivity index (χ4v) is 4.18. The fourth-order valence-electron chi connectivity index (χ4n) is 4.18. The van der Waals surface area contributed by atoms with Crippen molar-refractivity contribution in [2.45, 2.75) is 84.2 Å². The molecule has 2 aliphatic heterocycles. The molecule has 1 aromatic rings. The normalized spacial score (nSPS) is 18.5. The van der Waals surface area contributed by atoms with Gasteiger partial charge in [-0.15, -0.1) is 0 Å². The van der Waals surface area contributed by atoms with Crippen LogP contribution in [0.1, 0.15) is 59.0 Å². The van der Waals surface area contributed by atoms with E-state index < -0.39 is 23.3 Å². The van der Waals surface area contributed by atoms with Gasteiger partial charge in [-0.2, -0.15) is 0 Å². The number of aromatic nitrogens is 2. The van der Waals surface area contributed by atoms with E-state index in [9.17, 15) is 14.4 Å². The van der Waals surface area contributed by atoms with Crippen molar-refractivity contribution in [3.8, 4) is 0 Å². The first-order valence-corrected chi connectivity index (χ1v) is 11.0. The summed E-state index contributed by atoms with van der Waals surface area (Å²) in [5.41, 5.74) is -0.707. The summed E-state index contributed by atoms with van der Waals surface area (Å²) in [7, 11) is 1.51. The number of ether oxygens (including phenoxy) is 2. The Kier molecular flexibility index (Phi) is 6.55. The van der Waals surface area contributed by atoms with Crippen molar-refractivity contribution in [3.63, 3.8) is 0 Å². The van der Waals surface area contributed by atoms with Gasteiger partial charge in [0.25, 0.3) is 0 Å². The summed E-state index contributed by atoms with van der Waals surface area (Å²) >= 11 is 0. The van der Waals surface area contributed by atoms with Gasteiger partial charge in [0.2, 0.25) is 5.91 Å².